The maximum Gasteiger partial charge on any atom is 0.213 e. The molecule has 0 aromatic carbocycles. The van der Waals surface area contributed by atoms with Gasteiger partial charge in [0.2, 0.25) is 17.6 Å². The first kappa shape index (κ1) is 21.7. The van der Waals surface area contributed by atoms with Crippen molar-refractivity contribution in [2.45, 2.75) is 6.92 Å². The summed E-state index contributed by atoms with van der Waals surface area (Å²) in [7, 11) is 4.78. The second-order valence-corrected chi connectivity index (χ2v) is 6.36. The van der Waals surface area contributed by atoms with E-state index in [2.05, 4.69) is 19.9 Å². The Balaban J connectivity index is 0.000000176. The lowest BCUT2D eigenvalue weighted by molar-refractivity contribution is 0.396. The van der Waals surface area contributed by atoms with E-state index in [4.69, 9.17) is 14.2 Å². The Bertz CT molecular complexity index is 1090. The molecule has 0 radical (unpaired) electrons. The molecule has 0 bridgehead atoms. The van der Waals surface area contributed by atoms with Crippen LogP contribution in [0.4, 0.5) is 0 Å². The highest BCUT2D eigenvalue weighted by atomic mass is 16.5. The maximum absolute atomic E-state index is 5.07. The molecule has 0 aliphatic heterocycles. The Morgan fingerprint density at radius 1 is 0.452 bits per heavy atom. The molecule has 4 rings (SSSR count). The van der Waals surface area contributed by atoms with Crippen molar-refractivity contribution in [3.8, 4) is 40.4 Å². The second kappa shape index (κ2) is 10.7. The average molecular weight is 416 g/mol. The molecule has 0 atom stereocenters. The van der Waals surface area contributed by atoms with Crippen molar-refractivity contribution in [1.29, 1.82) is 0 Å². The highest BCUT2D eigenvalue weighted by molar-refractivity contribution is 5.55. The van der Waals surface area contributed by atoms with Crippen LogP contribution in [0.3, 0.4) is 0 Å². The number of ether oxygens (including phenoxy) is 3. The van der Waals surface area contributed by atoms with Crippen LogP contribution in [0.25, 0.3) is 22.8 Å². The molecule has 0 saturated carbocycles. The lowest BCUT2D eigenvalue weighted by Crippen LogP contribution is -1.93. The van der Waals surface area contributed by atoms with Crippen LogP contribution >= 0.6 is 0 Å². The topological polar surface area (TPSA) is 79.3 Å². The molecule has 0 aliphatic carbocycles. The van der Waals surface area contributed by atoms with Crippen LogP contribution < -0.4 is 14.2 Å². The molecule has 31 heavy (non-hydrogen) atoms. The van der Waals surface area contributed by atoms with Crippen LogP contribution in [0.15, 0.2) is 72.8 Å². The lowest BCUT2D eigenvalue weighted by Gasteiger charge is -2.04. The fourth-order valence-corrected chi connectivity index (χ4v) is 2.70. The van der Waals surface area contributed by atoms with E-state index in [9.17, 15) is 0 Å². The van der Waals surface area contributed by atoms with Gasteiger partial charge in [-0.15, -0.1) is 0 Å². The summed E-state index contributed by atoms with van der Waals surface area (Å²) in [5.41, 5.74) is 4.21. The number of methoxy groups -OCH3 is 3. The molecule has 0 fully saturated rings. The summed E-state index contributed by atoms with van der Waals surface area (Å²) in [4.78, 5) is 17.3. The summed E-state index contributed by atoms with van der Waals surface area (Å²) in [5.74, 6) is 1.75. The smallest absolute Gasteiger partial charge is 0.213 e. The normalized spacial score (nSPS) is 9.94. The maximum atomic E-state index is 5.07. The summed E-state index contributed by atoms with van der Waals surface area (Å²) < 4.78 is 15.2. The van der Waals surface area contributed by atoms with Crippen molar-refractivity contribution in [2.75, 3.05) is 21.3 Å². The number of pyridine rings is 4. The van der Waals surface area contributed by atoms with Gasteiger partial charge in [-0.25, -0.2) is 15.0 Å². The highest BCUT2D eigenvalue weighted by Gasteiger charge is 2.04. The molecule has 0 spiro atoms. The SMILES string of the molecule is COc1cccc(-c2cccc(C)n2)n1.COc1cccc(-c2cccc(OC)n2)n1. The van der Waals surface area contributed by atoms with Crippen molar-refractivity contribution in [2.24, 2.45) is 0 Å². The monoisotopic (exact) mass is 416 g/mol. The van der Waals surface area contributed by atoms with Crippen LogP contribution in [0.1, 0.15) is 5.69 Å². The Morgan fingerprint density at radius 3 is 1.10 bits per heavy atom. The van der Waals surface area contributed by atoms with Gasteiger partial charge in [-0.05, 0) is 37.3 Å². The number of hydrogen-bond donors (Lipinski definition) is 0. The van der Waals surface area contributed by atoms with Crippen LogP contribution in [0.5, 0.6) is 17.6 Å². The first-order valence-corrected chi connectivity index (χ1v) is 9.60. The van der Waals surface area contributed by atoms with Gasteiger partial charge >= 0.3 is 0 Å². The Morgan fingerprint density at radius 2 is 0.774 bits per heavy atom. The lowest BCUT2D eigenvalue weighted by atomic mass is 10.2. The Kier molecular flexibility index (Phi) is 7.48. The molecular weight excluding hydrogens is 392 g/mol. The van der Waals surface area contributed by atoms with E-state index >= 15 is 0 Å². The van der Waals surface area contributed by atoms with E-state index in [1.165, 1.54) is 0 Å². The van der Waals surface area contributed by atoms with Crippen molar-refractivity contribution in [3.05, 3.63) is 78.5 Å². The first-order valence-electron chi connectivity index (χ1n) is 9.60. The third-order valence-corrected chi connectivity index (χ3v) is 4.21. The van der Waals surface area contributed by atoms with Crippen molar-refractivity contribution in [1.82, 2.24) is 19.9 Å². The number of aromatic nitrogens is 4. The van der Waals surface area contributed by atoms with Crippen LogP contribution in [0.2, 0.25) is 0 Å². The van der Waals surface area contributed by atoms with Crippen LogP contribution in [0, 0.1) is 6.92 Å². The van der Waals surface area contributed by atoms with Crippen molar-refractivity contribution >= 4 is 0 Å². The van der Waals surface area contributed by atoms with Crippen LogP contribution in [-0.2, 0) is 0 Å². The third-order valence-electron chi connectivity index (χ3n) is 4.21. The minimum Gasteiger partial charge on any atom is -0.481 e. The van der Waals surface area contributed by atoms with Gasteiger partial charge in [-0.1, -0.05) is 24.3 Å². The van der Waals surface area contributed by atoms with E-state index in [-0.39, 0.29) is 0 Å². The molecular formula is C24H24N4O3. The van der Waals surface area contributed by atoms with E-state index in [1.54, 1.807) is 33.5 Å². The quantitative estimate of drug-likeness (QED) is 0.470. The van der Waals surface area contributed by atoms with Gasteiger partial charge in [-0.3, -0.25) is 4.98 Å². The minimum atomic E-state index is 0.571. The molecule has 0 aliphatic rings. The average Bonchev–Trinajstić information content (AvgIpc) is 2.84. The number of rotatable bonds is 5. The second-order valence-electron chi connectivity index (χ2n) is 6.36. The van der Waals surface area contributed by atoms with Gasteiger partial charge in [0.05, 0.1) is 44.1 Å². The molecule has 0 N–H and O–H groups in total. The van der Waals surface area contributed by atoms with E-state index in [0.717, 1.165) is 28.5 Å². The largest absolute Gasteiger partial charge is 0.481 e. The highest BCUT2D eigenvalue weighted by Crippen LogP contribution is 2.20. The summed E-state index contributed by atoms with van der Waals surface area (Å²) in [6, 6.07) is 22.6. The van der Waals surface area contributed by atoms with Gasteiger partial charge in [-0.2, -0.15) is 0 Å². The summed E-state index contributed by atoms with van der Waals surface area (Å²) in [5, 5.41) is 0. The molecule has 7 nitrogen and oxygen atoms in total. The fraction of sp³-hybridized carbons (Fsp3) is 0.167. The van der Waals surface area contributed by atoms with Gasteiger partial charge in [0, 0.05) is 23.9 Å². The van der Waals surface area contributed by atoms with E-state index in [0.29, 0.717) is 17.6 Å². The summed E-state index contributed by atoms with van der Waals surface area (Å²) in [6.07, 6.45) is 0. The van der Waals surface area contributed by atoms with Crippen molar-refractivity contribution in [3.63, 3.8) is 0 Å². The molecule has 4 heterocycles. The molecule has 158 valence electrons. The van der Waals surface area contributed by atoms with Gasteiger partial charge in [0.1, 0.15) is 0 Å². The zero-order valence-electron chi connectivity index (χ0n) is 17.9. The third kappa shape index (κ3) is 5.99. The molecule has 4 aromatic heterocycles. The molecule has 7 heteroatoms. The minimum absolute atomic E-state index is 0.571. The molecule has 0 unspecified atom stereocenters. The fourth-order valence-electron chi connectivity index (χ4n) is 2.70. The molecule has 0 amide bonds. The number of hydrogen-bond acceptors (Lipinski definition) is 7. The van der Waals surface area contributed by atoms with Gasteiger partial charge in [0.15, 0.2) is 0 Å². The van der Waals surface area contributed by atoms with E-state index in [1.807, 2.05) is 67.6 Å². The van der Waals surface area contributed by atoms with Crippen LogP contribution in [-0.4, -0.2) is 41.3 Å². The Labute approximate surface area is 181 Å². The van der Waals surface area contributed by atoms with Gasteiger partial charge < -0.3 is 14.2 Å². The van der Waals surface area contributed by atoms with Crippen molar-refractivity contribution < 1.29 is 14.2 Å². The summed E-state index contributed by atoms with van der Waals surface area (Å²) in [6.45, 7) is 1.96. The predicted octanol–water partition coefficient (Wildman–Crippen LogP) is 4.62. The zero-order chi connectivity index (χ0) is 22.1. The Hall–Kier alpha value is -4.00. The standard InChI is InChI=1S/C12H12N2O2.C12H12N2O/c1-15-11-7-3-5-9(13-11)10-6-4-8-12(14-10)16-2;1-9-5-3-6-10(13-9)11-7-4-8-12(14-11)15-2/h3-8H,1-2H3;3-8H,1-2H3. The molecule has 4 aromatic rings. The number of aryl methyl sites for hydroxylation is 1. The zero-order valence-corrected chi connectivity index (χ0v) is 17.9. The van der Waals surface area contributed by atoms with Gasteiger partial charge in [0.25, 0.3) is 0 Å². The predicted molar refractivity (Wildman–Crippen MR) is 119 cm³/mol. The first-order chi connectivity index (χ1) is 15.1. The molecule has 0 saturated heterocycles. The number of nitrogens with zero attached hydrogens (tertiary/aromatic N) is 4. The van der Waals surface area contributed by atoms with E-state index < -0.39 is 0 Å². The summed E-state index contributed by atoms with van der Waals surface area (Å²) >= 11 is 0.